The van der Waals surface area contributed by atoms with E-state index in [0.717, 1.165) is 16.4 Å². The summed E-state index contributed by atoms with van der Waals surface area (Å²) in [5, 5.41) is 3.12. The van der Waals surface area contributed by atoms with E-state index < -0.39 is 10.0 Å². The maximum Gasteiger partial charge on any atom is 0.244 e. The van der Waals surface area contributed by atoms with E-state index in [1.165, 1.54) is 20.3 Å². The van der Waals surface area contributed by atoms with Gasteiger partial charge >= 0.3 is 0 Å². The van der Waals surface area contributed by atoms with Crippen molar-refractivity contribution >= 4 is 15.8 Å². The van der Waals surface area contributed by atoms with Crippen molar-refractivity contribution in [3.05, 3.63) is 36.5 Å². The number of nitrogens with zero attached hydrogens (tertiary/aromatic N) is 3. The first kappa shape index (κ1) is 14.5. The van der Waals surface area contributed by atoms with Crippen LogP contribution >= 0.6 is 0 Å². The number of anilines is 1. The normalized spacial score (nSPS) is 11.8. The van der Waals surface area contributed by atoms with Crippen molar-refractivity contribution in [1.82, 2.24) is 19.3 Å². The molecule has 0 saturated carbocycles. The maximum atomic E-state index is 11.9. The Morgan fingerprint density at radius 1 is 1.30 bits per heavy atom. The second-order valence-corrected chi connectivity index (χ2v) is 6.57. The van der Waals surface area contributed by atoms with Crippen LogP contribution in [0.5, 0.6) is 0 Å². The van der Waals surface area contributed by atoms with Gasteiger partial charge in [0, 0.05) is 45.1 Å². The van der Waals surface area contributed by atoms with Gasteiger partial charge in [0.2, 0.25) is 10.0 Å². The fourth-order valence-electron chi connectivity index (χ4n) is 1.59. The number of imidazole rings is 1. The van der Waals surface area contributed by atoms with Gasteiger partial charge in [0.1, 0.15) is 10.7 Å². The number of pyridine rings is 1. The highest BCUT2D eigenvalue weighted by atomic mass is 32.2. The van der Waals surface area contributed by atoms with Gasteiger partial charge in [-0.3, -0.25) is 0 Å². The Morgan fingerprint density at radius 3 is 2.65 bits per heavy atom. The highest BCUT2D eigenvalue weighted by Gasteiger charge is 2.17. The van der Waals surface area contributed by atoms with Crippen LogP contribution in [0.25, 0.3) is 0 Å². The molecule has 2 heterocycles. The Bertz CT molecular complexity index is 635. The van der Waals surface area contributed by atoms with Crippen molar-refractivity contribution in [3.8, 4) is 0 Å². The van der Waals surface area contributed by atoms with E-state index in [9.17, 15) is 8.42 Å². The highest BCUT2D eigenvalue weighted by Crippen LogP contribution is 2.13. The van der Waals surface area contributed by atoms with Gasteiger partial charge in [-0.05, 0) is 12.1 Å². The summed E-state index contributed by atoms with van der Waals surface area (Å²) in [4.78, 5) is 11.2. The summed E-state index contributed by atoms with van der Waals surface area (Å²) in [6.45, 7) is 0.689. The van der Waals surface area contributed by atoms with E-state index >= 15 is 0 Å². The van der Waals surface area contributed by atoms with Crippen LogP contribution < -0.4 is 5.32 Å². The zero-order chi connectivity index (χ0) is 14.6. The van der Waals surface area contributed by atoms with Gasteiger partial charge < -0.3 is 10.3 Å². The summed E-state index contributed by atoms with van der Waals surface area (Å²) in [5.41, 5.74) is 1.03. The van der Waals surface area contributed by atoms with E-state index in [0.29, 0.717) is 12.4 Å². The minimum atomic E-state index is -3.42. The summed E-state index contributed by atoms with van der Waals surface area (Å²) in [7, 11) is -0.436. The Morgan fingerprint density at radius 2 is 2.10 bits per heavy atom. The molecule has 0 fully saturated rings. The summed E-state index contributed by atoms with van der Waals surface area (Å²) in [6.07, 6.45) is 5.55. The quantitative estimate of drug-likeness (QED) is 0.819. The Kier molecular flexibility index (Phi) is 4.35. The summed E-state index contributed by atoms with van der Waals surface area (Å²) in [6, 6.07) is 3.20. The average Bonchev–Trinajstić information content (AvgIpc) is 2.92. The molecule has 0 unspecified atom stereocenters. The average molecular weight is 295 g/mol. The molecule has 8 heteroatoms. The molecule has 0 aliphatic rings. The third kappa shape index (κ3) is 3.34. The number of nitrogens with one attached hydrogen (secondary N) is 2. The molecule has 0 aromatic carbocycles. The van der Waals surface area contributed by atoms with Gasteiger partial charge in [0.05, 0.1) is 6.33 Å². The molecule has 0 atom stereocenters. The van der Waals surface area contributed by atoms with Crippen LogP contribution in [-0.4, -0.2) is 48.3 Å². The fraction of sp³-hybridized carbons (Fsp3) is 0.333. The standard InChI is InChI=1S/C12H17N5O2S/c1-17(2)20(18,19)11-3-4-12(15-8-11)14-6-5-10-7-13-9-16-10/h3-4,7-9H,5-6H2,1-2H3,(H,13,16)(H,14,15). The lowest BCUT2D eigenvalue weighted by Crippen LogP contribution is -2.22. The van der Waals surface area contributed by atoms with Crippen LogP contribution in [0.1, 0.15) is 5.69 Å². The molecule has 0 aliphatic heterocycles. The summed E-state index contributed by atoms with van der Waals surface area (Å²) < 4.78 is 24.9. The molecule has 2 aromatic heterocycles. The number of aromatic nitrogens is 3. The second kappa shape index (κ2) is 6.02. The molecule has 7 nitrogen and oxygen atoms in total. The number of hydrogen-bond acceptors (Lipinski definition) is 5. The highest BCUT2D eigenvalue weighted by molar-refractivity contribution is 7.89. The van der Waals surface area contributed by atoms with E-state index in [2.05, 4.69) is 20.3 Å². The Labute approximate surface area is 118 Å². The van der Waals surface area contributed by atoms with Crippen LogP contribution in [0.15, 0.2) is 35.7 Å². The molecule has 0 saturated heterocycles. The van der Waals surface area contributed by atoms with E-state index in [4.69, 9.17) is 0 Å². The van der Waals surface area contributed by atoms with Gasteiger partial charge in [-0.1, -0.05) is 0 Å². The number of sulfonamides is 1. The van der Waals surface area contributed by atoms with Gasteiger partial charge in [0.25, 0.3) is 0 Å². The van der Waals surface area contributed by atoms with E-state index in [1.54, 1.807) is 24.7 Å². The first-order valence-electron chi connectivity index (χ1n) is 6.10. The molecule has 2 rings (SSSR count). The lowest BCUT2D eigenvalue weighted by Gasteiger charge is -2.11. The fourth-order valence-corrected chi connectivity index (χ4v) is 2.44. The van der Waals surface area contributed by atoms with Gasteiger partial charge in [-0.2, -0.15) is 0 Å². The summed E-state index contributed by atoms with van der Waals surface area (Å²) in [5.74, 6) is 0.641. The lowest BCUT2D eigenvalue weighted by atomic mass is 10.3. The molecular weight excluding hydrogens is 278 g/mol. The minimum Gasteiger partial charge on any atom is -0.370 e. The second-order valence-electron chi connectivity index (χ2n) is 4.42. The van der Waals surface area contributed by atoms with Crippen LogP contribution in [-0.2, 0) is 16.4 Å². The van der Waals surface area contributed by atoms with E-state index in [-0.39, 0.29) is 4.90 Å². The first-order chi connectivity index (χ1) is 9.50. The smallest absolute Gasteiger partial charge is 0.244 e. The number of rotatable bonds is 6. The van der Waals surface area contributed by atoms with Gasteiger partial charge in [-0.15, -0.1) is 0 Å². The Hall–Kier alpha value is -1.93. The molecule has 2 N–H and O–H groups in total. The van der Waals surface area contributed by atoms with Crippen molar-refractivity contribution in [2.75, 3.05) is 26.0 Å². The molecule has 0 radical (unpaired) electrons. The van der Waals surface area contributed by atoms with E-state index in [1.807, 2.05) is 0 Å². The molecule has 0 spiro atoms. The lowest BCUT2D eigenvalue weighted by molar-refractivity contribution is 0.520. The van der Waals surface area contributed by atoms with Crippen molar-refractivity contribution in [3.63, 3.8) is 0 Å². The van der Waals surface area contributed by atoms with Gasteiger partial charge in [-0.25, -0.2) is 22.7 Å². The minimum absolute atomic E-state index is 0.182. The topological polar surface area (TPSA) is 91.0 Å². The van der Waals surface area contributed by atoms with Crippen molar-refractivity contribution in [2.24, 2.45) is 0 Å². The third-order valence-corrected chi connectivity index (χ3v) is 4.57. The molecule has 20 heavy (non-hydrogen) atoms. The third-order valence-electron chi connectivity index (χ3n) is 2.77. The predicted octanol–water partition coefficient (Wildman–Crippen LogP) is 0.710. The SMILES string of the molecule is CN(C)S(=O)(=O)c1ccc(NCCc2cnc[nH]2)nc1. The number of hydrogen-bond donors (Lipinski definition) is 2. The predicted molar refractivity (Wildman–Crippen MR) is 75.9 cm³/mol. The van der Waals surface area contributed by atoms with Crippen molar-refractivity contribution in [1.29, 1.82) is 0 Å². The number of aromatic amines is 1. The zero-order valence-corrected chi connectivity index (χ0v) is 12.2. The molecule has 0 bridgehead atoms. The molecule has 0 amide bonds. The first-order valence-corrected chi connectivity index (χ1v) is 7.54. The maximum absolute atomic E-state index is 11.9. The molecule has 108 valence electrons. The van der Waals surface area contributed by atoms with Crippen LogP contribution in [0.2, 0.25) is 0 Å². The van der Waals surface area contributed by atoms with Crippen LogP contribution in [0.4, 0.5) is 5.82 Å². The summed E-state index contributed by atoms with van der Waals surface area (Å²) >= 11 is 0. The zero-order valence-electron chi connectivity index (χ0n) is 11.4. The molecular formula is C12H17N5O2S. The van der Waals surface area contributed by atoms with Gasteiger partial charge in [0.15, 0.2) is 0 Å². The van der Waals surface area contributed by atoms with Crippen LogP contribution in [0.3, 0.4) is 0 Å². The largest absolute Gasteiger partial charge is 0.370 e. The van der Waals surface area contributed by atoms with Crippen LogP contribution in [0, 0.1) is 0 Å². The van der Waals surface area contributed by atoms with Crippen molar-refractivity contribution < 1.29 is 8.42 Å². The molecule has 0 aliphatic carbocycles. The Balaban J connectivity index is 1.95. The number of H-pyrrole nitrogens is 1. The molecule has 2 aromatic rings. The van der Waals surface area contributed by atoms with Crippen molar-refractivity contribution in [2.45, 2.75) is 11.3 Å². The monoisotopic (exact) mass is 295 g/mol.